The highest BCUT2D eigenvalue weighted by molar-refractivity contribution is 5.87. The van der Waals surface area contributed by atoms with Crippen molar-refractivity contribution in [3.05, 3.63) is 198 Å². The number of ether oxygens (including phenoxy) is 1. The van der Waals surface area contributed by atoms with E-state index < -0.39 is 0 Å². The summed E-state index contributed by atoms with van der Waals surface area (Å²) in [4.78, 5) is 2.39. The summed E-state index contributed by atoms with van der Waals surface area (Å²) < 4.78 is 6.34. The molecule has 0 saturated heterocycles. The summed E-state index contributed by atoms with van der Waals surface area (Å²) in [5.74, 6) is 1.21. The van der Waals surface area contributed by atoms with Gasteiger partial charge in [0.15, 0.2) is 0 Å². The van der Waals surface area contributed by atoms with E-state index >= 15 is 0 Å². The predicted molar refractivity (Wildman–Crippen MR) is 211 cm³/mol. The summed E-state index contributed by atoms with van der Waals surface area (Å²) in [5, 5.41) is 0. The molecule has 7 aromatic carbocycles. The molecule has 2 aliphatic carbocycles. The summed E-state index contributed by atoms with van der Waals surface area (Å²) in [6.45, 7) is 4.68. The lowest BCUT2D eigenvalue weighted by atomic mass is 9.80. The van der Waals surface area contributed by atoms with Crippen LogP contribution < -0.4 is 9.64 Å². The van der Waals surface area contributed by atoms with Crippen LogP contribution in [0.1, 0.15) is 47.6 Å². The van der Waals surface area contributed by atoms with Gasteiger partial charge in [0, 0.05) is 28.0 Å². The van der Waals surface area contributed by atoms with Crippen LogP contribution in [-0.2, 0) is 5.41 Å². The lowest BCUT2D eigenvalue weighted by Gasteiger charge is -2.27. The fourth-order valence-corrected chi connectivity index (χ4v) is 8.64. The van der Waals surface area contributed by atoms with Gasteiger partial charge in [-0.1, -0.05) is 135 Å². The van der Waals surface area contributed by atoms with Crippen LogP contribution in [0.5, 0.6) is 5.75 Å². The molecule has 0 N–H and O–H groups in total. The van der Waals surface area contributed by atoms with E-state index in [9.17, 15) is 0 Å². The van der Waals surface area contributed by atoms with Gasteiger partial charge in [0.25, 0.3) is 0 Å². The van der Waals surface area contributed by atoms with Crippen LogP contribution in [0.3, 0.4) is 0 Å². The van der Waals surface area contributed by atoms with Crippen molar-refractivity contribution >= 4 is 23.1 Å². The number of hydrogen-bond acceptors (Lipinski definition) is 2. The maximum Gasteiger partial charge on any atom is 0.128 e. The number of nitrogens with zero attached hydrogens (tertiary/aromatic N) is 1. The van der Waals surface area contributed by atoms with Gasteiger partial charge in [-0.15, -0.1) is 0 Å². The van der Waals surface area contributed by atoms with Crippen molar-refractivity contribution in [3.8, 4) is 39.1 Å². The van der Waals surface area contributed by atoms with E-state index in [1.165, 1.54) is 61.2 Å². The molecule has 0 amide bonds. The molecule has 2 atom stereocenters. The summed E-state index contributed by atoms with van der Waals surface area (Å²) in [5.41, 5.74) is 17.5. The Hall–Kier alpha value is -6.12. The van der Waals surface area contributed by atoms with E-state index in [1.54, 1.807) is 0 Å². The van der Waals surface area contributed by atoms with E-state index in [-0.39, 0.29) is 17.4 Å². The van der Waals surface area contributed by atoms with Crippen LogP contribution in [0.2, 0.25) is 0 Å². The number of rotatable bonds is 5. The average molecular weight is 656 g/mol. The second kappa shape index (κ2) is 11.5. The summed E-state index contributed by atoms with van der Waals surface area (Å²) in [6.07, 6.45) is 4.46. The molecule has 0 radical (unpaired) electrons. The van der Waals surface area contributed by atoms with Gasteiger partial charge < -0.3 is 9.64 Å². The van der Waals surface area contributed by atoms with Gasteiger partial charge in [0.1, 0.15) is 11.9 Å². The van der Waals surface area contributed by atoms with E-state index in [0.29, 0.717) is 0 Å². The summed E-state index contributed by atoms with van der Waals surface area (Å²) >= 11 is 0. The molecule has 2 heteroatoms. The summed E-state index contributed by atoms with van der Waals surface area (Å²) in [7, 11) is 0. The lowest BCUT2D eigenvalue weighted by molar-refractivity contribution is 0.267. The van der Waals surface area contributed by atoms with E-state index in [1.807, 2.05) is 0 Å². The minimum Gasteiger partial charge on any atom is -0.485 e. The molecular weight excluding hydrogens is 619 g/mol. The van der Waals surface area contributed by atoms with Crippen molar-refractivity contribution in [1.82, 2.24) is 0 Å². The molecule has 0 saturated carbocycles. The average Bonchev–Trinajstić information content (AvgIpc) is 3.68. The molecule has 0 spiro atoms. The van der Waals surface area contributed by atoms with Crippen LogP contribution in [-0.4, -0.2) is 6.10 Å². The molecule has 51 heavy (non-hydrogen) atoms. The minimum atomic E-state index is -0.0361. The highest BCUT2D eigenvalue weighted by atomic mass is 16.5. The van der Waals surface area contributed by atoms with Crippen molar-refractivity contribution in [2.75, 3.05) is 4.90 Å². The molecule has 3 aliphatic rings. The molecule has 244 valence electrons. The largest absolute Gasteiger partial charge is 0.485 e. The highest BCUT2D eigenvalue weighted by Gasteiger charge is 2.37. The van der Waals surface area contributed by atoms with Crippen molar-refractivity contribution in [3.63, 3.8) is 0 Å². The first kappa shape index (κ1) is 29.8. The topological polar surface area (TPSA) is 12.5 Å². The first-order chi connectivity index (χ1) is 25.0. The fourth-order valence-electron chi connectivity index (χ4n) is 8.64. The second-order valence-electron chi connectivity index (χ2n) is 14.5. The highest BCUT2D eigenvalue weighted by Crippen LogP contribution is 2.51. The number of anilines is 3. The Balaban J connectivity index is 1.05. The Morgan fingerprint density at radius 1 is 0.490 bits per heavy atom. The lowest BCUT2D eigenvalue weighted by Crippen LogP contribution is -2.20. The van der Waals surface area contributed by atoms with Crippen LogP contribution in [0.25, 0.3) is 39.5 Å². The monoisotopic (exact) mass is 655 g/mol. The van der Waals surface area contributed by atoms with Gasteiger partial charge in [0.2, 0.25) is 0 Å². The smallest absolute Gasteiger partial charge is 0.128 e. The van der Waals surface area contributed by atoms with Gasteiger partial charge in [-0.25, -0.2) is 0 Å². The zero-order chi connectivity index (χ0) is 34.1. The zero-order valence-electron chi connectivity index (χ0n) is 28.8. The summed E-state index contributed by atoms with van der Waals surface area (Å²) in [6, 6.07) is 59.9. The SMILES string of the molecule is CC1(C)c2ccccc2-c2cc(N(c3ccc(-c4ccccc4)cc3)c3ccc(-c4ccc5c(c4)C4c6ccccc6OC4C=C5)cc3)ccc21. The molecule has 10 rings (SSSR count). The Morgan fingerprint density at radius 2 is 1.10 bits per heavy atom. The predicted octanol–water partition coefficient (Wildman–Crippen LogP) is 12.7. The van der Waals surface area contributed by atoms with Crippen molar-refractivity contribution in [2.24, 2.45) is 0 Å². The molecule has 0 bridgehead atoms. The van der Waals surface area contributed by atoms with Gasteiger partial charge in [-0.2, -0.15) is 0 Å². The molecule has 2 unspecified atom stereocenters. The molecule has 1 aliphatic heterocycles. The normalized spacial score (nSPS) is 17.1. The third-order valence-electron chi connectivity index (χ3n) is 11.2. The molecule has 1 heterocycles. The van der Waals surface area contributed by atoms with Crippen molar-refractivity contribution < 1.29 is 4.74 Å². The molecular formula is C49H37NO. The van der Waals surface area contributed by atoms with Crippen molar-refractivity contribution in [1.29, 1.82) is 0 Å². The number of fused-ring (bicyclic) bond motifs is 8. The Labute approximate surface area is 299 Å². The zero-order valence-corrected chi connectivity index (χ0v) is 28.8. The fraction of sp³-hybridized carbons (Fsp3) is 0.102. The standard InChI is InChI=1S/C49H37NO/c1-49(2)44-14-8-6-12-40(44)43-31-39(27-28-45(43)49)50(37-23-18-33(19-24-37)32-10-4-3-5-11-32)38-25-20-34(21-26-38)36-17-16-35-22-29-47-48(42(35)30-36)41-13-7-9-15-46(41)51-47/h3-31,47-48H,1-2H3. The van der Waals surface area contributed by atoms with Crippen LogP contribution in [0.15, 0.2) is 170 Å². The maximum atomic E-state index is 6.34. The van der Waals surface area contributed by atoms with Crippen molar-refractivity contribution in [2.45, 2.75) is 31.3 Å². The minimum absolute atomic E-state index is 0.0361. The molecule has 2 nitrogen and oxygen atoms in total. The Morgan fingerprint density at radius 3 is 1.88 bits per heavy atom. The number of benzene rings is 7. The Kier molecular flexibility index (Phi) is 6.69. The van der Waals surface area contributed by atoms with Gasteiger partial charge >= 0.3 is 0 Å². The van der Waals surface area contributed by atoms with Gasteiger partial charge in [-0.3, -0.25) is 0 Å². The third kappa shape index (κ3) is 4.78. The Bertz CT molecular complexity index is 2470. The third-order valence-corrected chi connectivity index (χ3v) is 11.2. The van der Waals surface area contributed by atoms with E-state index in [4.69, 9.17) is 4.74 Å². The molecule has 0 aromatic heterocycles. The first-order valence-corrected chi connectivity index (χ1v) is 17.9. The maximum absolute atomic E-state index is 6.34. The number of hydrogen-bond donors (Lipinski definition) is 0. The van der Waals surface area contributed by atoms with Crippen LogP contribution >= 0.6 is 0 Å². The first-order valence-electron chi connectivity index (χ1n) is 17.9. The van der Waals surface area contributed by atoms with E-state index in [2.05, 4.69) is 195 Å². The molecule has 0 fully saturated rings. The molecule has 7 aromatic rings. The quantitative estimate of drug-likeness (QED) is 0.183. The van der Waals surface area contributed by atoms with Crippen LogP contribution in [0.4, 0.5) is 17.1 Å². The number of para-hydroxylation sites is 1. The van der Waals surface area contributed by atoms with Gasteiger partial charge in [0.05, 0.1) is 5.92 Å². The second-order valence-corrected chi connectivity index (χ2v) is 14.5. The van der Waals surface area contributed by atoms with Crippen LogP contribution in [0, 0.1) is 0 Å². The van der Waals surface area contributed by atoms with E-state index in [0.717, 1.165) is 22.8 Å². The van der Waals surface area contributed by atoms with Gasteiger partial charge in [-0.05, 0) is 110 Å².